The summed E-state index contributed by atoms with van der Waals surface area (Å²) in [5.41, 5.74) is 0.639. The first kappa shape index (κ1) is 11.6. The minimum atomic E-state index is -0.378. The van der Waals surface area contributed by atoms with E-state index in [0.29, 0.717) is 17.9 Å². The van der Waals surface area contributed by atoms with Crippen LogP contribution in [0.15, 0.2) is 24.3 Å². The second-order valence-corrected chi connectivity index (χ2v) is 4.76. The Morgan fingerprint density at radius 3 is 2.56 bits per heavy atom. The van der Waals surface area contributed by atoms with E-state index < -0.39 is 0 Å². The summed E-state index contributed by atoms with van der Waals surface area (Å²) in [5, 5.41) is 10.1. The molecule has 1 saturated carbocycles. The van der Waals surface area contributed by atoms with Gasteiger partial charge in [0.15, 0.2) is 0 Å². The van der Waals surface area contributed by atoms with Gasteiger partial charge >= 0.3 is 0 Å². The number of aliphatic hydroxyl groups excluding tert-OH is 1. The van der Waals surface area contributed by atoms with Gasteiger partial charge in [-0.1, -0.05) is 37.5 Å². The fraction of sp³-hybridized carbons (Fsp3) is 0.571. The van der Waals surface area contributed by atoms with Crippen LogP contribution in [0.25, 0.3) is 0 Å². The highest BCUT2D eigenvalue weighted by Crippen LogP contribution is 2.28. The molecule has 16 heavy (non-hydrogen) atoms. The quantitative estimate of drug-likeness (QED) is 0.832. The van der Waals surface area contributed by atoms with Gasteiger partial charge < -0.3 is 5.11 Å². The molecule has 88 valence electrons. The molecule has 1 fully saturated rings. The third-order valence-electron chi connectivity index (χ3n) is 3.58. The van der Waals surface area contributed by atoms with E-state index in [1.165, 1.54) is 25.3 Å². The van der Waals surface area contributed by atoms with Gasteiger partial charge in [0.25, 0.3) is 0 Å². The SMILES string of the molecule is OC(Cc1ccccc1F)C1CCCCC1. The maximum absolute atomic E-state index is 13.4. The van der Waals surface area contributed by atoms with E-state index in [0.717, 1.165) is 12.8 Å². The summed E-state index contributed by atoms with van der Waals surface area (Å²) >= 11 is 0. The van der Waals surface area contributed by atoms with Crippen molar-refractivity contribution in [2.45, 2.75) is 44.6 Å². The number of hydrogen-bond acceptors (Lipinski definition) is 1. The molecule has 0 aromatic heterocycles. The van der Waals surface area contributed by atoms with Crippen LogP contribution in [0.3, 0.4) is 0 Å². The molecule has 0 amide bonds. The van der Waals surface area contributed by atoms with Crippen molar-refractivity contribution in [1.29, 1.82) is 0 Å². The minimum Gasteiger partial charge on any atom is -0.392 e. The maximum atomic E-state index is 13.4. The van der Waals surface area contributed by atoms with Crippen molar-refractivity contribution in [1.82, 2.24) is 0 Å². The second-order valence-electron chi connectivity index (χ2n) is 4.76. The first-order valence-electron chi connectivity index (χ1n) is 6.19. The first-order valence-corrected chi connectivity index (χ1v) is 6.19. The molecule has 2 rings (SSSR count). The Hall–Kier alpha value is -0.890. The Morgan fingerprint density at radius 2 is 1.88 bits per heavy atom. The molecule has 2 heteroatoms. The van der Waals surface area contributed by atoms with Crippen molar-refractivity contribution in [3.63, 3.8) is 0 Å². The van der Waals surface area contributed by atoms with E-state index in [1.54, 1.807) is 12.1 Å². The van der Waals surface area contributed by atoms with Crippen LogP contribution in [0, 0.1) is 11.7 Å². The predicted molar refractivity (Wildman–Crippen MR) is 62.7 cm³/mol. The van der Waals surface area contributed by atoms with Crippen LogP contribution >= 0.6 is 0 Å². The molecule has 1 N–H and O–H groups in total. The Labute approximate surface area is 96.3 Å². The molecule has 1 aliphatic rings. The molecule has 1 aromatic rings. The van der Waals surface area contributed by atoms with Crippen molar-refractivity contribution in [2.24, 2.45) is 5.92 Å². The van der Waals surface area contributed by atoms with Crippen LogP contribution in [0.1, 0.15) is 37.7 Å². The Balaban J connectivity index is 1.96. The van der Waals surface area contributed by atoms with Gasteiger partial charge in [-0.2, -0.15) is 0 Å². The van der Waals surface area contributed by atoms with Gasteiger partial charge in [-0.25, -0.2) is 4.39 Å². The van der Waals surface area contributed by atoms with Gasteiger partial charge in [0.05, 0.1) is 6.10 Å². The first-order chi connectivity index (χ1) is 7.77. The lowest BCUT2D eigenvalue weighted by Crippen LogP contribution is -2.25. The van der Waals surface area contributed by atoms with Crippen LogP contribution in [0.2, 0.25) is 0 Å². The van der Waals surface area contributed by atoms with Crippen molar-refractivity contribution in [3.8, 4) is 0 Å². The van der Waals surface area contributed by atoms with Gasteiger partial charge in [-0.05, 0) is 30.4 Å². The number of aliphatic hydroxyl groups is 1. The molecule has 1 unspecified atom stereocenters. The average Bonchev–Trinajstić information content (AvgIpc) is 2.33. The highest BCUT2D eigenvalue weighted by Gasteiger charge is 2.22. The lowest BCUT2D eigenvalue weighted by Gasteiger charge is -2.26. The fourth-order valence-electron chi connectivity index (χ4n) is 2.57. The summed E-state index contributed by atoms with van der Waals surface area (Å²) in [6, 6.07) is 6.74. The molecule has 0 bridgehead atoms. The van der Waals surface area contributed by atoms with E-state index in [-0.39, 0.29) is 11.9 Å². The molecule has 0 saturated heterocycles. The van der Waals surface area contributed by atoms with Gasteiger partial charge in [0.2, 0.25) is 0 Å². The van der Waals surface area contributed by atoms with Gasteiger partial charge in [-0.3, -0.25) is 0 Å². The van der Waals surface area contributed by atoms with E-state index in [4.69, 9.17) is 0 Å². The summed E-state index contributed by atoms with van der Waals surface area (Å²) in [6.45, 7) is 0. The maximum Gasteiger partial charge on any atom is 0.126 e. The number of hydrogen-bond donors (Lipinski definition) is 1. The number of benzene rings is 1. The third kappa shape index (κ3) is 2.82. The van der Waals surface area contributed by atoms with Crippen molar-refractivity contribution >= 4 is 0 Å². The van der Waals surface area contributed by atoms with Crippen LogP contribution in [-0.2, 0) is 6.42 Å². The highest BCUT2D eigenvalue weighted by atomic mass is 19.1. The van der Waals surface area contributed by atoms with Gasteiger partial charge in [0.1, 0.15) is 5.82 Å². The molecule has 0 heterocycles. The molecule has 0 spiro atoms. The summed E-state index contributed by atoms with van der Waals surface area (Å²) in [4.78, 5) is 0. The standard InChI is InChI=1S/C14H19FO/c15-13-9-5-4-8-12(13)10-14(16)11-6-2-1-3-7-11/h4-5,8-9,11,14,16H,1-3,6-7,10H2. The second kappa shape index (κ2) is 5.44. The van der Waals surface area contributed by atoms with E-state index >= 15 is 0 Å². The number of rotatable bonds is 3. The fourth-order valence-corrected chi connectivity index (χ4v) is 2.57. The molecule has 0 radical (unpaired) electrons. The molecular weight excluding hydrogens is 203 g/mol. The van der Waals surface area contributed by atoms with Crippen LogP contribution < -0.4 is 0 Å². The zero-order chi connectivity index (χ0) is 11.4. The summed E-state index contributed by atoms with van der Waals surface area (Å²) < 4.78 is 13.4. The largest absolute Gasteiger partial charge is 0.392 e. The van der Waals surface area contributed by atoms with Gasteiger partial charge in [0, 0.05) is 6.42 Å². The minimum absolute atomic E-state index is 0.197. The van der Waals surface area contributed by atoms with Crippen molar-refractivity contribution in [2.75, 3.05) is 0 Å². The number of halogens is 1. The monoisotopic (exact) mass is 222 g/mol. The molecule has 1 atom stereocenters. The average molecular weight is 222 g/mol. The molecular formula is C14H19FO. The zero-order valence-corrected chi connectivity index (χ0v) is 9.53. The van der Waals surface area contributed by atoms with Crippen LogP contribution in [0.4, 0.5) is 4.39 Å². The summed E-state index contributed by atoms with van der Waals surface area (Å²) in [7, 11) is 0. The Kier molecular flexibility index (Phi) is 3.94. The Bertz CT molecular complexity index is 331. The normalized spacial score (nSPS) is 19.6. The van der Waals surface area contributed by atoms with Gasteiger partial charge in [-0.15, -0.1) is 0 Å². The van der Waals surface area contributed by atoms with E-state index in [1.807, 2.05) is 6.07 Å². The van der Waals surface area contributed by atoms with E-state index in [2.05, 4.69) is 0 Å². The lowest BCUT2D eigenvalue weighted by atomic mass is 9.83. The highest BCUT2D eigenvalue weighted by molar-refractivity contribution is 5.18. The van der Waals surface area contributed by atoms with Crippen LogP contribution in [-0.4, -0.2) is 11.2 Å². The van der Waals surface area contributed by atoms with Crippen molar-refractivity contribution < 1.29 is 9.50 Å². The molecule has 0 aliphatic heterocycles. The topological polar surface area (TPSA) is 20.2 Å². The summed E-state index contributed by atoms with van der Waals surface area (Å²) in [5.74, 6) is 0.172. The van der Waals surface area contributed by atoms with E-state index in [9.17, 15) is 9.50 Å². The zero-order valence-electron chi connectivity index (χ0n) is 9.53. The lowest BCUT2D eigenvalue weighted by molar-refractivity contribution is 0.0843. The summed E-state index contributed by atoms with van der Waals surface area (Å²) in [6.07, 6.45) is 5.96. The molecule has 1 aromatic carbocycles. The Morgan fingerprint density at radius 1 is 1.19 bits per heavy atom. The third-order valence-corrected chi connectivity index (χ3v) is 3.58. The van der Waals surface area contributed by atoms with Crippen LogP contribution in [0.5, 0.6) is 0 Å². The molecule has 1 nitrogen and oxygen atoms in total. The smallest absolute Gasteiger partial charge is 0.126 e. The predicted octanol–water partition coefficient (Wildman–Crippen LogP) is 3.31. The van der Waals surface area contributed by atoms with Crippen molar-refractivity contribution in [3.05, 3.63) is 35.6 Å². The molecule has 1 aliphatic carbocycles.